The molecule has 1 aromatic rings. The summed E-state index contributed by atoms with van der Waals surface area (Å²) in [5, 5.41) is 3.24. The molecule has 0 spiro atoms. The van der Waals surface area contributed by atoms with Crippen LogP contribution in [0.4, 0.5) is 4.39 Å². The third-order valence-corrected chi connectivity index (χ3v) is 3.85. The van der Waals surface area contributed by atoms with E-state index in [0.717, 1.165) is 6.54 Å². The van der Waals surface area contributed by atoms with Gasteiger partial charge in [0.15, 0.2) is 11.6 Å². The van der Waals surface area contributed by atoms with Crippen LogP contribution >= 0.6 is 0 Å². The van der Waals surface area contributed by atoms with Crippen molar-refractivity contribution in [3.63, 3.8) is 0 Å². The molecule has 2 rings (SSSR count). The molecule has 116 valence electrons. The van der Waals surface area contributed by atoms with Crippen molar-refractivity contribution in [1.29, 1.82) is 0 Å². The fourth-order valence-corrected chi connectivity index (χ4v) is 2.22. The van der Waals surface area contributed by atoms with Crippen molar-refractivity contribution in [3.05, 3.63) is 29.6 Å². The molecule has 4 nitrogen and oxygen atoms in total. The summed E-state index contributed by atoms with van der Waals surface area (Å²) >= 11 is 0. The molecular formula is C16H22FNO3. The number of halogens is 1. The van der Waals surface area contributed by atoms with Gasteiger partial charge in [-0.2, -0.15) is 0 Å². The minimum absolute atomic E-state index is 0.159. The number of esters is 1. The Bertz CT molecular complexity index is 516. The van der Waals surface area contributed by atoms with E-state index in [1.807, 2.05) is 0 Å². The SMILES string of the molecule is CCOC(=O)C(C)(NCC1CC1)c1ccc(OC)c(F)c1. The lowest BCUT2D eigenvalue weighted by molar-refractivity contribution is -0.151. The molecule has 1 atom stereocenters. The highest BCUT2D eigenvalue weighted by atomic mass is 19.1. The van der Waals surface area contributed by atoms with Gasteiger partial charge in [-0.25, -0.2) is 9.18 Å². The van der Waals surface area contributed by atoms with Crippen LogP contribution in [0.1, 0.15) is 32.3 Å². The van der Waals surface area contributed by atoms with E-state index in [0.29, 0.717) is 11.5 Å². The Morgan fingerprint density at radius 3 is 2.71 bits per heavy atom. The van der Waals surface area contributed by atoms with Crippen LogP contribution in [0.2, 0.25) is 0 Å². The third kappa shape index (κ3) is 3.53. The van der Waals surface area contributed by atoms with Gasteiger partial charge >= 0.3 is 5.97 Å². The zero-order valence-electron chi connectivity index (χ0n) is 12.7. The predicted molar refractivity (Wildman–Crippen MR) is 77.7 cm³/mol. The van der Waals surface area contributed by atoms with Crippen molar-refractivity contribution in [3.8, 4) is 5.75 Å². The lowest BCUT2D eigenvalue weighted by Crippen LogP contribution is -2.48. The molecule has 5 heteroatoms. The molecule has 0 saturated heterocycles. The van der Waals surface area contributed by atoms with Crippen LogP contribution in [0.25, 0.3) is 0 Å². The van der Waals surface area contributed by atoms with Gasteiger partial charge in [0.25, 0.3) is 0 Å². The van der Waals surface area contributed by atoms with Crippen molar-refractivity contribution in [2.75, 3.05) is 20.3 Å². The van der Waals surface area contributed by atoms with Gasteiger partial charge in [-0.05, 0) is 56.8 Å². The number of hydrogen-bond donors (Lipinski definition) is 1. The second kappa shape index (κ2) is 6.43. The monoisotopic (exact) mass is 295 g/mol. The number of rotatable bonds is 7. The zero-order chi connectivity index (χ0) is 15.5. The van der Waals surface area contributed by atoms with Crippen LogP contribution in [0, 0.1) is 11.7 Å². The number of hydrogen-bond acceptors (Lipinski definition) is 4. The lowest BCUT2D eigenvalue weighted by Gasteiger charge is -2.29. The molecule has 1 aromatic carbocycles. The second-order valence-electron chi connectivity index (χ2n) is 5.52. The standard InChI is InChI=1S/C16H22FNO3/c1-4-21-15(19)16(2,18-10-11-5-6-11)12-7-8-14(20-3)13(17)9-12/h7-9,11,18H,4-6,10H2,1-3H3. The summed E-state index contributed by atoms with van der Waals surface area (Å²) in [6.07, 6.45) is 2.34. The maximum Gasteiger partial charge on any atom is 0.330 e. The third-order valence-electron chi connectivity index (χ3n) is 3.85. The van der Waals surface area contributed by atoms with Crippen LogP contribution in [-0.4, -0.2) is 26.2 Å². The molecule has 0 aliphatic heterocycles. The Labute approximate surface area is 124 Å². The fourth-order valence-electron chi connectivity index (χ4n) is 2.22. The van der Waals surface area contributed by atoms with Gasteiger partial charge < -0.3 is 9.47 Å². The van der Waals surface area contributed by atoms with Crippen LogP contribution < -0.4 is 10.1 Å². The number of benzene rings is 1. The maximum absolute atomic E-state index is 13.9. The molecule has 1 N–H and O–H groups in total. The number of carbonyl (C=O) groups excluding carboxylic acids is 1. The molecular weight excluding hydrogens is 273 g/mol. The minimum Gasteiger partial charge on any atom is -0.494 e. The highest BCUT2D eigenvalue weighted by molar-refractivity contribution is 5.82. The molecule has 1 saturated carbocycles. The topological polar surface area (TPSA) is 47.6 Å². The van der Waals surface area contributed by atoms with E-state index >= 15 is 0 Å². The normalized spacial score (nSPS) is 17.1. The number of ether oxygens (including phenoxy) is 2. The first-order valence-corrected chi connectivity index (χ1v) is 7.27. The summed E-state index contributed by atoms with van der Waals surface area (Å²) in [6, 6.07) is 4.55. The van der Waals surface area contributed by atoms with E-state index in [1.54, 1.807) is 19.9 Å². The first kappa shape index (κ1) is 15.8. The van der Waals surface area contributed by atoms with Crippen LogP contribution in [0.5, 0.6) is 5.75 Å². The summed E-state index contributed by atoms with van der Waals surface area (Å²) in [5.41, 5.74) is -0.508. The molecule has 1 fully saturated rings. The van der Waals surface area contributed by atoms with Crippen LogP contribution in [-0.2, 0) is 15.1 Å². The molecule has 1 aliphatic rings. The highest BCUT2D eigenvalue weighted by Crippen LogP contribution is 2.31. The van der Waals surface area contributed by atoms with Gasteiger partial charge in [-0.15, -0.1) is 0 Å². The van der Waals surface area contributed by atoms with E-state index < -0.39 is 17.3 Å². The Morgan fingerprint density at radius 2 is 2.19 bits per heavy atom. The molecule has 0 aromatic heterocycles. The van der Waals surface area contributed by atoms with Crippen molar-refractivity contribution >= 4 is 5.97 Å². The molecule has 21 heavy (non-hydrogen) atoms. The summed E-state index contributed by atoms with van der Waals surface area (Å²) in [5.74, 6) is -0.122. The molecule has 0 bridgehead atoms. The van der Waals surface area contributed by atoms with Gasteiger partial charge in [-0.3, -0.25) is 5.32 Å². The Balaban J connectivity index is 2.27. The van der Waals surface area contributed by atoms with E-state index in [2.05, 4.69) is 5.32 Å². The smallest absolute Gasteiger partial charge is 0.330 e. The van der Waals surface area contributed by atoms with Crippen molar-refractivity contribution < 1.29 is 18.7 Å². The molecule has 1 unspecified atom stereocenters. The fraction of sp³-hybridized carbons (Fsp3) is 0.562. The number of nitrogens with one attached hydrogen (secondary N) is 1. The van der Waals surface area contributed by atoms with Crippen LogP contribution in [0.3, 0.4) is 0 Å². The zero-order valence-corrected chi connectivity index (χ0v) is 12.7. The molecule has 1 aliphatic carbocycles. The summed E-state index contributed by atoms with van der Waals surface area (Å²) in [6.45, 7) is 4.50. The quantitative estimate of drug-likeness (QED) is 0.786. The van der Waals surface area contributed by atoms with Crippen molar-refractivity contribution in [2.24, 2.45) is 5.92 Å². The van der Waals surface area contributed by atoms with Gasteiger partial charge in [0.1, 0.15) is 5.54 Å². The second-order valence-corrected chi connectivity index (χ2v) is 5.52. The van der Waals surface area contributed by atoms with E-state index in [-0.39, 0.29) is 12.4 Å². The molecule has 0 radical (unpaired) electrons. The Kier molecular flexibility index (Phi) is 4.83. The van der Waals surface area contributed by atoms with Gasteiger partial charge in [0, 0.05) is 0 Å². The van der Waals surface area contributed by atoms with Crippen molar-refractivity contribution in [2.45, 2.75) is 32.2 Å². The van der Waals surface area contributed by atoms with Gasteiger partial charge in [0.2, 0.25) is 0 Å². The number of methoxy groups -OCH3 is 1. The van der Waals surface area contributed by atoms with Gasteiger partial charge in [-0.1, -0.05) is 6.07 Å². The van der Waals surface area contributed by atoms with Crippen molar-refractivity contribution in [1.82, 2.24) is 5.32 Å². The first-order chi connectivity index (χ1) is 10.0. The van der Waals surface area contributed by atoms with E-state index in [9.17, 15) is 9.18 Å². The maximum atomic E-state index is 13.9. The molecule has 0 heterocycles. The summed E-state index contributed by atoms with van der Waals surface area (Å²) in [7, 11) is 1.41. The highest BCUT2D eigenvalue weighted by Gasteiger charge is 2.38. The number of carbonyl (C=O) groups is 1. The van der Waals surface area contributed by atoms with E-state index in [4.69, 9.17) is 9.47 Å². The summed E-state index contributed by atoms with van der Waals surface area (Å²) < 4.78 is 24.0. The average molecular weight is 295 g/mol. The average Bonchev–Trinajstić information content (AvgIpc) is 3.29. The van der Waals surface area contributed by atoms with E-state index in [1.165, 1.54) is 32.1 Å². The first-order valence-electron chi connectivity index (χ1n) is 7.27. The largest absolute Gasteiger partial charge is 0.494 e. The molecule has 0 amide bonds. The predicted octanol–water partition coefficient (Wildman–Crippen LogP) is 2.61. The minimum atomic E-state index is -1.05. The lowest BCUT2D eigenvalue weighted by atomic mass is 9.91. The Hall–Kier alpha value is -1.62. The Morgan fingerprint density at radius 1 is 1.48 bits per heavy atom. The van der Waals surface area contributed by atoms with Crippen LogP contribution in [0.15, 0.2) is 18.2 Å². The van der Waals surface area contributed by atoms with Gasteiger partial charge in [0.05, 0.1) is 13.7 Å². The summed E-state index contributed by atoms with van der Waals surface area (Å²) in [4.78, 5) is 12.3.